The molecule has 0 amide bonds. The summed E-state index contributed by atoms with van der Waals surface area (Å²) in [5.41, 5.74) is 1.70. The van der Waals surface area contributed by atoms with E-state index >= 15 is 0 Å². The first kappa shape index (κ1) is 15.3. The summed E-state index contributed by atoms with van der Waals surface area (Å²) in [5.74, 6) is 0. The fourth-order valence-corrected chi connectivity index (χ4v) is 2.92. The van der Waals surface area contributed by atoms with Crippen LogP contribution in [-0.2, 0) is 5.41 Å². The Morgan fingerprint density at radius 1 is 0.800 bits per heavy atom. The molecule has 2 rings (SSSR count). The van der Waals surface area contributed by atoms with Gasteiger partial charge >= 0.3 is 0 Å². The number of hydrogen-bond donors (Lipinski definition) is 0. The second kappa shape index (κ2) is 5.35. The summed E-state index contributed by atoms with van der Waals surface area (Å²) in [7, 11) is 0. The molecule has 0 aliphatic heterocycles. The molecule has 0 atom stereocenters. The van der Waals surface area contributed by atoms with Crippen LogP contribution < -0.4 is 0 Å². The molecule has 0 aliphatic rings. The molecule has 0 unspecified atom stereocenters. The van der Waals surface area contributed by atoms with Crippen molar-refractivity contribution in [3.63, 3.8) is 0 Å². The lowest BCUT2D eigenvalue weighted by Crippen LogP contribution is -2.38. The van der Waals surface area contributed by atoms with Crippen LogP contribution in [0.25, 0.3) is 0 Å². The highest BCUT2D eigenvalue weighted by molar-refractivity contribution is 6.31. The van der Waals surface area contributed by atoms with Gasteiger partial charge in [0, 0.05) is 26.6 Å². The summed E-state index contributed by atoms with van der Waals surface area (Å²) >= 11 is 12.3. The van der Waals surface area contributed by atoms with E-state index in [9.17, 15) is 0 Å². The third-order valence-corrected chi connectivity index (χ3v) is 4.39. The van der Waals surface area contributed by atoms with Gasteiger partial charge in [0.05, 0.1) is 6.92 Å². The summed E-state index contributed by atoms with van der Waals surface area (Å²) in [6.07, 6.45) is 0. The lowest BCUT2D eigenvalue weighted by atomic mass is 9.60. The zero-order chi connectivity index (χ0) is 15.0. The van der Waals surface area contributed by atoms with Crippen molar-refractivity contribution in [1.29, 1.82) is 0 Å². The van der Waals surface area contributed by atoms with Crippen molar-refractivity contribution in [3.05, 3.63) is 76.6 Å². The van der Waals surface area contributed by atoms with Gasteiger partial charge in [0.25, 0.3) is 0 Å². The Morgan fingerprint density at radius 2 is 1.20 bits per heavy atom. The molecule has 0 radical (unpaired) electrons. The molecule has 2 aromatic rings. The topological polar surface area (TPSA) is 0 Å². The Morgan fingerprint density at radius 3 is 1.50 bits per heavy atom. The van der Waals surface area contributed by atoms with Crippen molar-refractivity contribution in [2.24, 2.45) is 5.41 Å². The van der Waals surface area contributed by atoms with Crippen molar-refractivity contribution in [1.82, 2.24) is 0 Å². The van der Waals surface area contributed by atoms with E-state index in [-0.39, 0.29) is 5.41 Å². The van der Waals surface area contributed by atoms with Crippen molar-refractivity contribution in [2.75, 3.05) is 0 Å². The van der Waals surface area contributed by atoms with Gasteiger partial charge in [-0.2, -0.15) is 0 Å². The van der Waals surface area contributed by atoms with E-state index in [1.165, 1.54) is 0 Å². The van der Waals surface area contributed by atoms with Crippen LogP contribution in [0.1, 0.15) is 31.9 Å². The average molecular weight is 306 g/mol. The van der Waals surface area contributed by atoms with Crippen molar-refractivity contribution in [2.45, 2.75) is 26.2 Å². The summed E-state index contributed by atoms with van der Waals surface area (Å²) < 4.78 is 0. The van der Waals surface area contributed by atoms with Gasteiger partial charge < -0.3 is 0 Å². The highest BCUT2D eigenvalue weighted by atomic mass is 35.5. The summed E-state index contributed by atoms with van der Waals surface area (Å²) in [6, 6.07) is 15.8. The lowest BCUT2D eigenvalue weighted by Gasteiger charge is -2.37. The minimum atomic E-state index is -0.414. The van der Waals surface area contributed by atoms with Gasteiger partial charge in [0.2, 0.25) is 0 Å². The van der Waals surface area contributed by atoms with E-state index in [0.29, 0.717) is 0 Å². The van der Waals surface area contributed by atoms with Gasteiger partial charge in [-0.1, -0.05) is 68.2 Å². The number of hydrogen-bond acceptors (Lipinski definition) is 0. The lowest BCUT2D eigenvalue weighted by molar-refractivity contribution is 0.278. The van der Waals surface area contributed by atoms with Crippen LogP contribution in [-0.4, -0.2) is 0 Å². The molecule has 0 heterocycles. The molecule has 104 valence electrons. The number of rotatable bonds is 2. The van der Waals surface area contributed by atoms with Crippen LogP contribution in [0, 0.1) is 12.3 Å². The van der Waals surface area contributed by atoms with Crippen molar-refractivity contribution >= 4 is 23.2 Å². The van der Waals surface area contributed by atoms with Gasteiger partial charge in [-0.25, -0.2) is 0 Å². The predicted molar refractivity (Wildman–Crippen MR) is 88.5 cm³/mol. The molecule has 0 spiro atoms. The molecule has 20 heavy (non-hydrogen) atoms. The fraction of sp³-hybridized carbons (Fsp3) is 0.278. The molecular formula is C18H19Cl2+. The summed E-state index contributed by atoms with van der Waals surface area (Å²) in [4.78, 5) is 0. The van der Waals surface area contributed by atoms with E-state index in [0.717, 1.165) is 21.2 Å². The highest BCUT2D eigenvalue weighted by Crippen LogP contribution is 2.47. The van der Waals surface area contributed by atoms with E-state index in [1.54, 1.807) is 0 Å². The Labute approximate surface area is 131 Å². The van der Waals surface area contributed by atoms with Crippen molar-refractivity contribution < 1.29 is 0 Å². The van der Waals surface area contributed by atoms with Gasteiger partial charge in [-0.05, 0) is 24.3 Å². The molecule has 0 bridgehead atoms. The van der Waals surface area contributed by atoms with E-state index in [4.69, 9.17) is 23.2 Å². The minimum absolute atomic E-state index is 0.0810. The van der Waals surface area contributed by atoms with E-state index < -0.39 is 5.41 Å². The Kier molecular flexibility index (Phi) is 4.09. The first-order valence-corrected chi connectivity index (χ1v) is 7.38. The molecule has 0 fully saturated rings. The third-order valence-electron chi connectivity index (χ3n) is 3.92. The first-order chi connectivity index (χ1) is 9.25. The second-order valence-corrected chi connectivity index (χ2v) is 7.05. The first-order valence-electron chi connectivity index (χ1n) is 6.62. The predicted octanol–water partition coefficient (Wildman–Crippen LogP) is 6.16. The minimum Gasteiger partial charge on any atom is -0.0843 e. The molecule has 0 aromatic heterocycles. The fourth-order valence-electron chi connectivity index (χ4n) is 2.54. The zero-order valence-corrected chi connectivity index (χ0v) is 13.6. The highest BCUT2D eigenvalue weighted by Gasteiger charge is 2.47. The Balaban J connectivity index is 2.69. The van der Waals surface area contributed by atoms with Crippen LogP contribution in [0.15, 0.2) is 48.5 Å². The standard InChI is InChI=1S/C18H19Cl2/c1-17(2,3)18(4,13-7-5-9-15(19)11-13)14-8-6-10-16(20)12-14/h5-12H,4H2,1-3H3/q+1. The molecule has 0 N–H and O–H groups in total. The monoisotopic (exact) mass is 305 g/mol. The van der Waals surface area contributed by atoms with E-state index in [1.807, 2.05) is 36.4 Å². The molecule has 0 saturated heterocycles. The summed E-state index contributed by atoms with van der Waals surface area (Å²) in [6.45, 7) is 11.1. The molecular weight excluding hydrogens is 287 g/mol. The smallest absolute Gasteiger partial charge is 0.0843 e. The molecule has 2 aromatic carbocycles. The number of benzene rings is 2. The number of halogens is 2. The average Bonchev–Trinajstić information content (AvgIpc) is 2.36. The molecule has 0 aliphatic carbocycles. The van der Waals surface area contributed by atoms with Crippen LogP contribution in [0.4, 0.5) is 0 Å². The van der Waals surface area contributed by atoms with Gasteiger partial charge in [0.15, 0.2) is 5.41 Å². The Hall–Kier alpha value is -1.11. The molecule has 0 nitrogen and oxygen atoms in total. The van der Waals surface area contributed by atoms with Gasteiger partial charge in [-0.15, -0.1) is 0 Å². The maximum atomic E-state index is 6.17. The van der Waals surface area contributed by atoms with Gasteiger partial charge in [0.1, 0.15) is 0 Å². The molecule has 0 saturated carbocycles. The van der Waals surface area contributed by atoms with Crippen LogP contribution >= 0.6 is 23.2 Å². The second-order valence-electron chi connectivity index (χ2n) is 6.18. The van der Waals surface area contributed by atoms with E-state index in [2.05, 4.69) is 39.8 Å². The van der Waals surface area contributed by atoms with Crippen LogP contribution in [0.3, 0.4) is 0 Å². The maximum absolute atomic E-state index is 6.17. The van der Waals surface area contributed by atoms with Crippen LogP contribution in [0.2, 0.25) is 10.0 Å². The zero-order valence-electron chi connectivity index (χ0n) is 12.1. The largest absolute Gasteiger partial charge is 0.160 e. The molecule has 2 heteroatoms. The Bertz CT molecular complexity index is 563. The van der Waals surface area contributed by atoms with Gasteiger partial charge in [-0.3, -0.25) is 0 Å². The third kappa shape index (κ3) is 2.68. The maximum Gasteiger partial charge on any atom is 0.160 e. The normalized spacial score (nSPS) is 12.4. The summed E-state index contributed by atoms with van der Waals surface area (Å²) in [5, 5.41) is 1.45. The quantitative estimate of drug-likeness (QED) is 0.583. The SMILES string of the molecule is [CH2+]C(c1cccc(Cl)c1)(c1cccc(Cl)c1)C(C)(C)C. The van der Waals surface area contributed by atoms with Crippen LogP contribution in [0.5, 0.6) is 0 Å². The van der Waals surface area contributed by atoms with Crippen molar-refractivity contribution in [3.8, 4) is 0 Å².